The van der Waals surface area contributed by atoms with E-state index in [9.17, 15) is 9.59 Å². The van der Waals surface area contributed by atoms with Gasteiger partial charge in [0, 0.05) is 32.7 Å². The summed E-state index contributed by atoms with van der Waals surface area (Å²) < 4.78 is 0. The summed E-state index contributed by atoms with van der Waals surface area (Å²) in [6.45, 7) is 3.49. The molecule has 5 heteroatoms. The van der Waals surface area contributed by atoms with Crippen LogP contribution in [0.4, 0.5) is 0 Å². The predicted octanol–water partition coefficient (Wildman–Crippen LogP) is -0.976. The van der Waals surface area contributed by atoms with E-state index in [0.29, 0.717) is 19.6 Å². The van der Waals surface area contributed by atoms with Gasteiger partial charge in [0.05, 0.1) is 0 Å². The third-order valence-electron chi connectivity index (χ3n) is 2.59. The normalized spacial score (nSPS) is 24.1. The number of carbonyl (C=O) groups is 2. The third kappa shape index (κ3) is 2.23. The van der Waals surface area contributed by atoms with Gasteiger partial charge in [-0.1, -0.05) is 0 Å². The van der Waals surface area contributed by atoms with Crippen molar-refractivity contribution in [3.05, 3.63) is 0 Å². The molecule has 1 atom stereocenters. The number of rotatable bonds is 2. The van der Waals surface area contributed by atoms with Gasteiger partial charge in [0.25, 0.3) is 0 Å². The highest BCUT2D eigenvalue weighted by atomic mass is 16.2. The monoisotopic (exact) mass is 199 g/mol. The molecule has 14 heavy (non-hydrogen) atoms. The number of hydrogen-bond acceptors (Lipinski definition) is 3. The molecule has 0 aromatic heterocycles. The standard InChI is InChI=1S/C9H17N3O2/c1-7-6-12(4-3-10)9(14)5-8(13)11(7)2/h7H,3-6,10H2,1-2H3. The average Bonchev–Trinajstić information content (AvgIpc) is 2.21. The molecule has 1 fully saturated rings. The van der Waals surface area contributed by atoms with Crippen LogP contribution in [0.2, 0.25) is 0 Å². The maximum atomic E-state index is 11.5. The molecule has 5 nitrogen and oxygen atoms in total. The molecule has 1 aliphatic heterocycles. The fourth-order valence-electron chi connectivity index (χ4n) is 1.53. The van der Waals surface area contributed by atoms with Crippen molar-refractivity contribution in [2.24, 2.45) is 5.73 Å². The SMILES string of the molecule is CC1CN(CCN)C(=O)CC(=O)N1C. The van der Waals surface area contributed by atoms with Crippen LogP contribution >= 0.6 is 0 Å². The predicted molar refractivity (Wildman–Crippen MR) is 52.5 cm³/mol. The second kappa shape index (κ2) is 4.41. The van der Waals surface area contributed by atoms with Crippen LogP contribution in [0, 0.1) is 0 Å². The Morgan fingerprint density at radius 2 is 2.07 bits per heavy atom. The van der Waals surface area contributed by atoms with Crippen LogP contribution in [0.5, 0.6) is 0 Å². The Hall–Kier alpha value is -1.10. The molecule has 1 aliphatic rings. The topological polar surface area (TPSA) is 66.6 Å². The summed E-state index contributed by atoms with van der Waals surface area (Å²) in [5.74, 6) is -0.223. The summed E-state index contributed by atoms with van der Waals surface area (Å²) in [4.78, 5) is 26.2. The van der Waals surface area contributed by atoms with E-state index in [0.717, 1.165) is 0 Å². The summed E-state index contributed by atoms with van der Waals surface area (Å²) in [5, 5.41) is 0. The van der Waals surface area contributed by atoms with E-state index in [1.807, 2.05) is 6.92 Å². The lowest BCUT2D eigenvalue weighted by molar-refractivity contribution is -0.136. The van der Waals surface area contributed by atoms with Gasteiger partial charge in [-0.15, -0.1) is 0 Å². The summed E-state index contributed by atoms with van der Waals surface area (Å²) in [7, 11) is 1.73. The number of carbonyl (C=O) groups excluding carboxylic acids is 2. The van der Waals surface area contributed by atoms with Crippen molar-refractivity contribution in [1.82, 2.24) is 9.80 Å². The lowest BCUT2D eigenvalue weighted by Crippen LogP contribution is -2.41. The molecule has 2 amide bonds. The molecular weight excluding hydrogens is 182 g/mol. The molecular formula is C9H17N3O2. The first-order chi connectivity index (χ1) is 6.56. The Bertz CT molecular complexity index is 242. The first kappa shape index (κ1) is 11.0. The van der Waals surface area contributed by atoms with Crippen molar-refractivity contribution in [2.45, 2.75) is 19.4 Å². The molecule has 0 aromatic rings. The lowest BCUT2D eigenvalue weighted by Gasteiger charge is -2.25. The first-order valence-electron chi connectivity index (χ1n) is 4.79. The minimum absolute atomic E-state index is 0.0269. The number of nitrogens with two attached hydrogens (primary N) is 1. The number of nitrogens with zero attached hydrogens (tertiary/aromatic N) is 2. The Morgan fingerprint density at radius 1 is 1.43 bits per heavy atom. The highest BCUT2D eigenvalue weighted by molar-refractivity contribution is 5.97. The van der Waals surface area contributed by atoms with Crippen LogP contribution in [0.15, 0.2) is 0 Å². The van der Waals surface area contributed by atoms with Gasteiger partial charge >= 0.3 is 0 Å². The van der Waals surface area contributed by atoms with Gasteiger partial charge < -0.3 is 15.5 Å². The Kier molecular flexibility index (Phi) is 3.46. The molecule has 0 spiro atoms. The second-order valence-corrected chi connectivity index (χ2v) is 3.66. The van der Waals surface area contributed by atoms with Gasteiger partial charge in [0.1, 0.15) is 6.42 Å². The van der Waals surface area contributed by atoms with Crippen molar-refractivity contribution in [3.63, 3.8) is 0 Å². The number of amides is 2. The quantitative estimate of drug-likeness (QED) is 0.581. The van der Waals surface area contributed by atoms with E-state index >= 15 is 0 Å². The van der Waals surface area contributed by atoms with Gasteiger partial charge in [0.15, 0.2) is 0 Å². The van der Waals surface area contributed by atoms with Gasteiger partial charge in [-0.2, -0.15) is 0 Å². The Labute approximate surface area is 83.8 Å². The van der Waals surface area contributed by atoms with Crippen LogP contribution < -0.4 is 5.73 Å². The molecule has 1 heterocycles. The van der Waals surface area contributed by atoms with Crippen molar-refractivity contribution in [2.75, 3.05) is 26.7 Å². The van der Waals surface area contributed by atoms with E-state index in [2.05, 4.69) is 0 Å². The molecule has 2 N–H and O–H groups in total. The van der Waals surface area contributed by atoms with Gasteiger partial charge in [-0.05, 0) is 6.92 Å². The zero-order valence-corrected chi connectivity index (χ0v) is 8.69. The molecule has 1 rings (SSSR count). The van der Waals surface area contributed by atoms with Crippen molar-refractivity contribution >= 4 is 11.8 Å². The van der Waals surface area contributed by atoms with Crippen LogP contribution in [0.1, 0.15) is 13.3 Å². The minimum Gasteiger partial charge on any atom is -0.341 e. The van der Waals surface area contributed by atoms with E-state index in [1.165, 1.54) is 0 Å². The molecule has 1 unspecified atom stereocenters. The second-order valence-electron chi connectivity index (χ2n) is 3.66. The van der Waals surface area contributed by atoms with Gasteiger partial charge in [0.2, 0.25) is 11.8 Å². The van der Waals surface area contributed by atoms with E-state index in [-0.39, 0.29) is 24.3 Å². The Balaban J connectivity index is 2.73. The van der Waals surface area contributed by atoms with Crippen LogP contribution in [0.25, 0.3) is 0 Å². The van der Waals surface area contributed by atoms with Crippen LogP contribution in [0.3, 0.4) is 0 Å². The van der Waals surface area contributed by atoms with Crippen molar-refractivity contribution < 1.29 is 9.59 Å². The molecule has 0 aromatic carbocycles. The molecule has 0 bridgehead atoms. The zero-order chi connectivity index (χ0) is 10.7. The van der Waals surface area contributed by atoms with Crippen molar-refractivity contribution in [1.29, 1.82) is 0 Å². The smallest absolute Gasteiger partial charge is 0.232 e. The minimum atomic E-state index is -0.114. The largest absolute Gasteiger partial charge is 0.341 e. The highest BCUT2D eigenvalue weighted by Crippen LogP contribution is 2.09. The van der Waals surface area contributed by atoms with Crippen molar-refractivity contribution in [3.8, 4) is 0 Å². The summed E-state index contributed by atoms with van der Waals surface area (Å²) in [6.07, 6.45) is -0.0269. The summed E-state index contributed by atoms with van der Waals surface area (Å²) in [5.41, 5.74) is 5.39. The molecule has 0 radical (unpaired) electrons. The Morgan fingerprint density at radius 3 is 2.64 bits per heavy atom. The van der Waals surface area contributed by atoms with E-state index < -0.39 is 0 Å². The van der Waals surface area contributed by atoms with E-state index in [4.69, 9.17) is 5.73 Å². The van der Waals surface area contributed by atoms with Gasteiger partial charge in [-0.3, -0.25) is 9.59 Å². The molecule has 0 aliphatic carbocycles. The third-order valence-corrected chi connectivity index (χ3v) is 2.59. The maximum Gasteiger partial charge on any atom is 0.232 e. The summed E-state index contributed by atoms with van der Waals surface area (Å²) >= 11 is 0. The first-order valence-corrected chi connectivity index (χ1v) is 4.79. The maximum absolute atomic E-state index is 11.5. The van der Waals surface area contributed by atoms with E-state index in [1.54, 1.807) is 16.8 Å². The van der Waals surface area contributed by atoms with Gasteiger partial charge in [-0.25, -0.2) is 0 Å². The van der Waals surface area contributed by atoms with Crippen LogP contribution in [-0.4, -0.2) is 54.3 Å². The highest BCUT2D eigenvalue weighted by Gasteiger charge is 2.28. The zero-order valence-electron chi connectivity index (χ0n) is 8.69. The number of hydrogen-bond donors (Lipinski definition) is 1. The molecule has 80 valence electrons. The fraction of sp³-hybridized carbons (Fsp3) is 0.778. The lowest BCUT2D eigenvalue weighted by atomic mass is 10.3. The fourth-order valence-corrected chi connectivity index (χ4v) is 1.53. The molecule has 1 saturated heterocycles. The summed E-state index contributed by atoms with van der Waals surface area (Å²) in [6, 6.07) is 0.0699. The number of likely N-dealkylation sites (N-methyl/N-ethyl adjacent to an activating group) is 1. The average molecular weight is 199 g/mol. The molecule has 0 saturated carbocycles. The van der Waals surface area contributed by atoms with Crippen LogP contribution in [-0.2, 0) is 9.59 Å².